The molecule has 0 aliphatic heterocycles. The zero-order chi connectivity index (χ0) is 15.2. The van der Waals surface area contributed by atoms with Crippen molar-refractivity contribution in [2.75, 3.05) is 6.54 Å². The van der Waals surface area contributed by atoms with E-state index >= 15 is 0 Å². The SMILES string of the molecule is CCCC(O)CNC(=O)c1ccc(-n2cncn2)c(C)c1. The number of aliphatic hydroxyl groups excluding tert-OH is 1. The van der Waals surface area contributed by atoms with Crippen molar-refractivity contribution in [1.82, 2.24) is 20.1 Å². The summed E-state index contributed by atoms with van der Waals surface area (Å²) in [4.78, 5) is 16.0. The molecule has 0 radical (unpaired) electrons. The molecule has 1 atom stereocenters. The molecule has 1 amide bonds. The van der Waals surface area contributed by atoms with Gasteiger partial charge in [0.25, 0.3) is 5.91 Å². The van der Waals surface area contributed by atoms with E-state index in [-0.39, 0.29) is 12.5 Å². The number of nitrogens with zero attached hydrogens (tertiary/aromatic N) is 3. The summed E-state index contributed by atoms with van der Waals surface area (Å²) in [5.41, 5.74) is 2.39. The quantitative estimate of drug-likeness (QED) is 0.843. The number of aromatic nitrogens is 3. The van der Waals surface area contributed by atoms with Crippen molar-refractivity contribution in [3.05, 3.63) is 42.0 Å². The summed E-state index contributed by atoms with van der Waals surface area (Å²) in [5.74, 6) is -0.182. The van der Waals surface area contributed by atoms with E-state index in [2.05, 4.69) is 15.4 Å². The minimum atomic E-state index is -0.491. The first-order chi connectivity index (χ1) is 10.1. The molecule has 6 nitrogen and oxygen atoms in total. The van der Waals surface area contributed by atoms with E-state index in [4.69, 9.17) is 0 Å². The summed E-state index contributed by atoms with van der Waals surface area (Å²) >= 11 is 0. The predicted molar refractivity (Wildman–Crippen MR) is 79.3 cm³/mol. The van der Waals surface area contributed by atoms with Crippen molar-refractivity contribution in [1.29, 1.82) is 0 Å². The zero-order valence-corrected chi connectivity index (χ0v) is 12.3. The Bertz CT molecular complexity index is 596. The number of rotatable bonds is 6. The minimum absolute atomic E-state index is 0.182. The van der Waals surface area contributed by atoms with Gasteiger partial charge in [0.05, 0.1) is 11.8 Å². The van der Waals surface area contributed by atoms with Crippen molar-refractivity contribution in [3.8, 4) is 5.69 Å². The van der Waals surface area contributed by atoms with Gasteiger partial charge in [0.2, 0.25) is 0 Å². The molecule has 2 N–H and O–H groups in total. The predicted octanol–water partition coefficient (Wildman–Crippen LogP) is 1.47. The summed E-state index contributed by atoms with van der Waals surface area (Å²) in [6.45, 7) is 4.19. The first-order valence-corrected chi connectivity index (χ1v) is 7.03. The monoisotopic (exact) mass is 288 g/mol. The summed E-state index contributed by atoms with van der Waals surface area (Å²) in [6.07, 6.45) is 4.17. The molecule has 1 aromatic carbocycles. The van der Waals surface area contributed by atoms with Gasteiger partial charge in [-0.2, -0.15) is 5.10 Å². The van der Waals surface area contributed by atoms with Crippen molar-refractivity contribution in [3.63, 3.8) is 0 Å². The highest BCUT2D eigenvalue weighted by Gasteiger charge is 2.10. The first-order valence-electron chi connectivity index (χ1n) is 7.03. The molecule has 0 aliphatic carbocycles. The Morgan fingerprint density at radius 1 is 1.48 bits per heavy atom. The third-order valence-electron chi connectivity index (χ3n) is 3.24. The maximum absolute atomic E-state index is 12.0. The maximum Gasteiger partial charge on any atom is 0.251 e. The second-order valence-electron chi connectivity index (χ2n) is 4.99. The van der Waals surface area contributed by atoms with E-state index in [9.17, 15) is 9.90 Å². The lowest BCUT2D eigenvalue weighted by Gasteiger charge is -2.12. The zero-order valence-electron chi connectivity index (χ0n) is 12.3. The van der Waals surface area contributed by atoms with Gasteiger partial charge in [-0.3, -0.25) is 4.79 Å². The number of aryl methyl sites for hydroxylation is 1. The van der Waals surface area contributed by atoms with Gasteiger partial charge in [0.15, 0.2) is 0 Å². The second kappa shape index (κ2) is 6.99. The molecule has 0 saturated carbocycles. The molecule has 0 aliphatic rings. The largest absolute Gasteiger partial charge is 0.391 e. The Morgan fingerprint density at radius 2 is 2.29 bits per heavy atom. The average Bonchev–Trinajstić information content (AvgIpc) is 2.99. The number of nitrogens with one attached hydrogen (secondary N) is 1. The van der Waals surface area contributed by atoms with Crippen molar-refractivity contribution >= 4 is 5.91 Å². The molecule has 6 heteroatoms. The molecule has 1 heterocycles. The van der Waals surface area contributed by atoms with Crippen LogP contribution in [-0.2, 0) is 0 Å². The molecule has 112 valence electrons. The standard InChI is InChI=1S/C15H20N4O2/c1-3-4-13(20)8-17-15(21)12-5-6-14(11(2)7-12)19-10-16-9-18-19/h5-7,9-10,13,20H,3-4,8H2,1-2H3,(H,17,21). The van der Waals surface area contributed by atoms with Gasteiger partial charge in [0.1, 0.15) is 12.7 Å². The Hall–Kier alpha value is -2.21. The van der Waals surface area contributed by atoms with Crippen LogP contribution in [0, 0.1) is 6.92 Å². The lowest BCUT2D eigenvalue weighted by molar-refractivity contribution is 0.0910. The Balaban J connectivity index is 2.04. The molecule has 2 rings (SSSR count). The number of carbonyl (C=O) groups is 1. The van der Waals surface area contributed by atoms with E-state index in [0.717, 1.165) is 17.7 Å². The van der Waals surface area contributed by atoms with Crippen molar-refractivity contribution in [2.24, 2.45) is 0 Å². The minimum Gasteiger partial charge on any atom is -0.391 e. The van der Waals surface area contributed by atoms with Gasteiger partial charge in [-0.15, -0.1) is 0 Å². The van der Waals surface area contributed by atoms with Crippen LogP contribution >= 0.6 is 0 Å². The molecule has 0 fully saturated rings. The highest BCUT2D eigenvalue weighted by atomic mass is 16.3. The summed E-state index contributed by atoms with van der Waals surface area (Å²) in [7, 11) is 0. The van der Waals surface area contributed by atoms with Crippen LogP contribution in [0.25, 0.3) is 5.69 Å². The van der Waals surface area contributed by atoms with Crippen LogP contribution in [0.2, 0.25) is 0 Å². The smallest absolute Gasteiger partial charge is 0.251 e. The fraction of sp³-hybridized carbons (Fsp3) is 0.400. The fourth-order valence-corrected chi connectivity index (χ4v) is 2.13. The van der Waals surface area contributed by atoms with Crippen molar-refractivity contribution in [2.45, 2.75) is 32.8 Å². The maximum atomic E-state index is 12.0. The van der Waals surface area contributed by atoms with Crippen LogP contribution in [0.15, 0.2) is 30.9 Å². The molecule has 0 saturated heterocycles. The average molecular weight is 288 g/mol. The van der Waals surface area contributed by atoms with Gasteiger partial charge >= 0.3 is 0 Å². The van der Waals surface area contributed by atoms with Crippen LogP contribution in [0.4, 0.5) is 0 Å². The highest BCUT2D eigenvalue weighted by molar-refractivity contribution is 5.94. The highest BCUT2D eigenvalue weighted by Crippen LogP contribution is 2.14. The third-order valence-corrected chi connectivity index (χ3v) is 3.24. The van der Waals surface area contributed by atoms with E-state index in [1.54, 1.807) is 23.1 Å². The van der Waals surface area contributed by atoms with Crippen LogP contribution in [0.5, 0.6) is 0 Å². The third kappa shape index (κ3) is 3.88. The van der Waals surface area contributed by atoms with Crippen LogP contribution < -0.4 is 5.32 Å². The van der Waals surface area contributed by atoms with E-state index in [1.165, 1.54) is 6.33 Å². The van der Waals surface area contributed by atoms with Gasteiger partial charge in [-0.05, 0) is 37.1 Å². The Labute approximate surface area is 123 Å². The molecule has 1 aromatic heterocycles. The number of hydrogen-bond donors (Lipinski definition) is 2. The molecular weight excluding hydrogens is 268 g/mol. The molecule has 1 unspecified atom stereocenters. The first kappa shape index (κ1) is 15.2. The molecule has 2 aromatic rings. The topological polar surface area (TPSA) is 80.0 Å². The second-order valence-corrected chi connectivity index (χ2v) is 4.99. The number of aliphatic hydroxyl groups is 1. The van der Waals surface area contributed by atoms with Crippen LogP contribution in [0.3, 0.4) is 0 Å². The van der Waals surface area contributed by atoms with E-state index < -0.39 is 6.10 Å². The summed E-state index contributed by atoms with van der Waals surface area (Å²) < 4.78 is 1.65. The molecule has 0 spiro atoms. The fourth-order valence-electron chi connectivity index (χ4n) is 2.13. The van der Waals surface area contributed by atoms with Crippen LogP contribution in [-0.4, -0.2) is 38.4 Å². The Morgan fingerprint density at radius 3 is 2.90 bits per heavy atom. The van der Waals surface area contributed by atoms with E-state index in [1.807, 2.05) is 19.9 Å². The molecular formula is C15H20N4O2. The number of hydrogen-bond acceptors (Lipinski definition) is 4. The number of amides is 1. The molecule has 0 bridgehead atoms. The summed E-state index contributed by atoms with van der Waals surface area (Å²) in [6, 6.07) is 5.38. The normalized spacial score (nSPS) is 12.1. The number of benzene rings is 1. The lowest BCUT2D eigenvalue weighted by atomic mass is 10.1. The van der Waals surface area contributed by atoms with Crippen molar-refractivity contribution < 1.29 is 9.90 Å². The summed E-state index contributed by atoms with van der Waals surface area (Å²) in [5, 5.41) is 16.5. The Kier molecular flexibility index (Phi) is 5.05. The molecule has 21 heavy (non-hydrogen) atoms. The van der Waals surface area contributed by atoms with Crippen LogP contribution in [0.1, 0.15) is 35.7 Å². The lowest BCUT2D eigenvalue weighted by Crippen LogP contribution is -2.32. The van der Waals surface area contributed by atoms with Gasteiger partial charge < -0.3 is 10.4 Å². The van der Waals surface area contributed by atoms with Gasteiger partial charge in [0, 0.05) is 12.1 Å². The van der Waals surface area contributed by atoms with E-state index in [0.29, 0.717) is 12.0 Å². The number of carbonyl (C=O) groups excluding carboxylic acids is 1. The van der Waals surface area contributed by atoms with Gasteiger partial charge in [-0.1, -0.05) is 13.3 Å². The van der Waals surface area contributed by atoms with Gasteiger partial charge in [-0.25, -0.2) is 9.67 Å².